The number of piperidine rings is 1. The predicted molar refractivity (Wildman–Crippen MR) is 114 cm³/mol. The summed E-state index contributed by atoms with van der Waals surface area (Å²) in [6.45, 7) is 4.57. The summed E-state index contributed by atoms with van der Waals surface area (Å²) < 4.78 is 7.17. The molecule has 0 saturated carbocycles. The smallest absolute Gasteiger partial charge is 0.279 e. The minimum atomic E-state index is 0.332. The highest BCUT2D eigenvalue weighted by Gasteiger charge is 2.27. The number of aliphatic hydroxyl groups excluding tert-OH is 1. The molecule has 0 radical (unpaired) electrons. The number of anilines is 1. The van der Waals surface area contributed by atoms with Gasteiger partial charge in [-0.3, -0.25) is 0 Å². The zero-order chi connectivity index (χ0) is 18.9. The molecule has 0 amide bonds. The van der Waals surface area contributed by atoms with Crippen LogP contribution in [-0.2, 0) is 0 Å². The highest BCUT2D eigenvalue weighted by Crippen LogP contribution is 2.38. The molecule has 1 aromatic heterocycles. The standard InChI is InChI=1S/C22H25N3O2S/c26-14-15-7-9-25(10-8-15)13-16-12-23-20-11-17(5-6-18(16)20)27-22-24-19-3-1-2-4-21(19)28-22/h1-6,11,15-16,23,26H,7-10,12-14H2. The number of rotatable bonds is 5. The zero-order valence-corrected chi connectivity index (χ0v) is 16.6. The van der Waals surface area contributed by atoms with Gasteiger partial charge in [-0.1, -0.05) is 29.5 Å². The van der Waals surface area contributed by atoms with E-state index in [1.165, 1.54) is 11.3 Å². The second-order valence-corrected chi connectivity index (χ2v) is 8.80. The largest absolute Gasteiger partial charge is 0.431 e. The normalized spacial score (nSPS) is 20.2. The third kappa shape index (κ3) is 3.60. The Labute approximate surface area is 169 Å². The van der Waals surface area contributed by atoms with Crippen LogP contribution in [0.5, 0.6) is 10.9 Å². The lowest BCUT2D eigenvalue weighted by atomic mass is 9.95. The average molecular weight is 396 g/mol. The number of thiazole rings is 1. The lowest BCUT2D eigenvalue weighted by Gasteiger charge is -2.32. The van der Waals surface area contributed by atoms with Crippen molar-refractivity contribution in [1.29, 1.82) is 0 Å². The number of nitrogens with one attached hydrogen (secondary N) is 1. The maximum atomic E-state index is 9.32. The molecule has 2 aromatic carbocycles. The summed E-state index contributed by atoms with van der Waals surface area (Å²) in [5.41, 5.74) is 3.53. The van der Waals surface area contributed by atoms with Gasteiger partial charge >= 0.3 is 0 Å². The number of likely N-dealkylation sites (tertiary alicyclic amines) is 1. The molecule has 3 heterocycles. The van der Waals surface area contributed by atoms with Gasteiger partial charge in [0.1, 0.15) is 5.75 Å². The molecule has 2 aliphatic rings. The van der Waals surface area contributed by atoms with Crippen LogP contribution in [-0.4, -0.2) is 47.8 Å². The molecular weight excluding hydrogens is 370 g/mol. The Hall–Kier alpha value is -2.15. The summed E-state index contributed by atoms with van der Waals surface area (Å²) in [5.74, 6) is 1.83. The van der Waals surface area contributed by atoms with Crippen molar-refractivity contribution in [3.05, 3.63) is 48.0 Å². The van der Waals surface area contributed by atoms with Gasteiger partial charge in [-0.2, -0.15) is 0 Å². The topological polar surface area (TPSA) is 57.6 Å². The van der Waals surface area contributed by atoms with Gasteiger partial charge in [-0.25, -0.2) is 4.98 Å². The predicted octanol–water partition coefficient (Wildman–Crippen LogP) is 4.30. The summed E-state index contributed by atoms with van der Waals surface area (Å²) in [5, 5.41) is 13.6. The number of hydrogen-bond donors (Lipinski definition) is 2. The van der Waals surface area contributed by atoms with Gasteiger partial charge in [0.25, 0.3) is 5.19 Å². The van der Waals surface area contributed by atoms with Crippen LogP contribution in [0.2, 0.25) is 0 Å². The summed E-state index contributed by atoms with van der Waals surface area (Å²) in [7, 11) is 0. The van der Waals surface area contributed by atoms with E-state index < -0.39 is 0 Å². The minimum Gasteiger partial charge on any atom is -0.431 e. The second kappa shape index (κ2) is 7.70. The number of nitrogens with zero attached hydrogens (tertiary/aromatic N) is 2. The molecule has 3 aromatic rings. The SMILES string of the molecule is OCC1CCN(CC2CNc3cc(Oc4nc5ccccc5s4)ccc32)CC1. The van der Waals surface area contributed by atoms with Gasteiger partial charge in [0.2, 0.25) is 0 Å². The van der Waals surface area contributed by atoms with Crippen LogP contribution in [0.15, 0.2) is 42.5 Å². The molecule has 6 heteroatoms. The van der Waals surface area contributed by atoms with E-state index in [2.05, 4.69) is 39.5 Å². The van der Waals surface area contributed by atoms with E-state index >= 15 is 0 Å². The Kier molecular flexibility index (Phi) is 4.93. The van der Waals surface area contributed by atoms with E-state index in [9.17, 15) is 5.11 Å². The Bertz CT molecular complexity index is 932. The van der Waals surface area contributed by atoms with Crippen molar-refractivity contribution in [1.82, 2.24) is 9.88 Å². The first kappa shape index (κ1) is 17.9. The summed E-state index contributed by atoms with van der Waals surface area (Å²) in [4.78, 5) is 7.10. The number of hydrogen-bond acceptors (Lipinski definition) is 6. The lowest BCUT2D eigenvalue weighted by Crippen LogP contribution is -2.37. The van der Waals surface area contributed by atoms with Crippen molar-refractivity contribution in [2.45, 2.75) is 18.8 Å². The maximum Gasteiger partial charge on any atom is 0.279 e. The molecule has 0 aliphatic carbocycles. The third-order valence-corrected chi connectivity index (χ3v) is 6.84. The zero-order valence-electron chi connectivity index (χ0n) is 15.8. The van der Waals surface area contributed by atoms with Crippen LogP contribution in [0, 0.1) is 5.92 Å². The summed E-state index contributed by atoms with van der Waals surface area (Å²) in [6, 6.07) is 14.5. The molecule has 2 N–H and O–H groups in total. The third-order valence-electron chi connectivity index (χ3n) is 5.93. The van der Waals surface area contributed by atoms with E-state index in [-0.39, 0.29) is 0 Å². The van der Waals surface area contributed by atoms with E-state index in [0.717, 1.165) is 55.0 Å². The first-order valence-electron chi connectivity index (χ1n) is 10.0. The van der Waals surface area contributed by atoms with Crippen LogP contribution >= 0.6 is 11.3 Å². The van der Waals surface area contributed by atoms with Gasteiger partial charge in [-0.15, -0.1) is 0 Å². The Balaban J connectivity index is 1.26. The highest BCUT2D eigenvalue weighted by molar-refractivity contribution is 7.20. The Morgan fingerprint density at radius 3 is 2.86 bits per heavy atom. The highest BCUT2D eigenvalue weighted by atomic mass is 32.1. The van der Waals surface area contributed by atoms with Crippen LogP contribution in [0.3, 0.4) is 0 Å². The van der Waals surface area contributed by atoms with Gasteiger partial charge in [-0.05, 0) is 55.6 Å². The van der Waals surface area contributed by atoms with Crippen LogP contribution in [0.4, 0.5) is 5.69 Å². The van der Waals surface area contributed by atoms with E-state index in [4.69, 9.17) is 4.74 Å². The first-order chi connectivity index (χ1) is 13.8. The number of para-hydroxylation sites is 1. The van der Waals surface area contributed by atoms with E-state index in [0.29, 0.717) is 23.6 Å². The van der Waals surface area contributed by atoms with E-state index in [1.54, 1.807) is 11.3 Å². The minimum absolute atomic E-state index is 0.332. The molecule has 0 spiro atoms. The number of fused-ring (bicyclic) bond motifs is 2. The van der Waals surface area contributed by atoms with Crippen molar-refractivity contribution in [3.63, 3.8) is 0 Å². The molecule has 5 rings (SSSR count). The molecule has 28 heavy (non-hydrogen) atoms. The number of benzene rings is 2. The second-order valence-electron chi connectivity index (χ2n) is 7.80. The Morgan fingerprint density at radius 1 is 1.18 bits per heavy atom. The summed E-state index contributed by atoms with van der Waals surface area (Å²) in [6.07, 6.45) is 2.22. The Morgan fingerprint density at radius 2 is 2.04 bits per heavy atom. The van der Waals surface area contributed by atoms with Crippen molar-refractivity contribution in [3.8, 4) is 10.9 Å². The van der Waals surface area contributed by atoms with Gasteiger partial charge in [0.15, 0.2) is 0 Å². The van der Waals surface area contributed by atoms with Crippen LogP contribution in [0.1, 0.15) is 24.3 Å². The van der Waals surface area contributed by atoms with Gasteiger partial charge in [0, 0.05) is 37.4 Å². The fraction of sp³-hybridized carbons (Fsp3) is 0.409. The van der Waals surface area contributed by atoms with Crippen molar-refractivity contribution >= 4 is 27.2 Å². The molecule has 1 unspecified atom stereocenters. The molecule has 2 aliphatic heterocycles. The number of ether oxygens (including phenoxy) is 1. The average Bonchev–Trinajstić information content (AvgIpc) is 3.32. The van der Waals surface area contributed by atoms with Crippen LogP contribution < -0.4 is 10.1 Å². The van der Waals surface area contributed by atoms with E-state index in [1.807, 2.05) is 18.2 Å². The van der Waals surface area contributed by atoms with Crippen molar-refractivity contribution < 1.29 is 9.84 Å². The lowest BCUT2D eigenvalue weighted by molar-refractivity contribution is 0.128. The van der Waals surface area contributed by atoms with Crippen molar-refractivity contribution in [2.24, 2.45) is 5.92 Å². The fourth-order valence-corrected chi connectivity index (χ4v) is 5.11. The number of aromatic nitrogens is 1. The molecule has 5 nitrogen and oxygen atoms in total. The quantitative estimate of drug-likeness (QED) is 0.674. The van der Waals surface area contributed by atoms with Crippen molar-refractivity contribution in [2.75, 3.05) is 38.1 Å². The van der Waals surface area contributed by atoms with Gasteiger partial charge in [0.05, 0.1) is 10.2 Å². The molecule has 1 saturated heterocycles. The monoisotopic (exact) mass is 395 g/mol. The molecule has 1 atom stereocenters. The van der Waals surface area contributed by atoms with Crippen LogP contribution in [0.25, 0.3) is 10.2 Å². The molecule has 146 valence electrons. The fourth-order valence-electron chi connectivity index (χ4n) is 4.27. The molecular formula is C22H25N3O2S. The molecule has 0 bridgehead atoms. The van der Waals surface area contributed by atoms with Gasteiger partial charge < -0.3 is 20.1 Å². The molecule has 1 fully saturated rings. The summed E-state index contributed by atoms with van der Waals surface area (Å²) >= 11 is 1.57. The maximum absolute atomic E-state index is 9.32. The number of aliphatic hydroxyl groups is 1. The first-order valence-corrected chi connectivity index (χ1v) is 10.8.